The summed E-state index contributed by atoms with van der Waals surface area (Å²) in [7, 11) is 4.38. The Kier molecular flexibility index (Phi) is 3.29. The molecule has 0 amide bonds. The van der Waals surface area contributed by atoms with E-state index >= 15 is 0 Å². The average Bonchev–Trinajstić information content (AvgIpc) is 2.35. The number of hydrogen-bond donors (Lipinski definition) is 1. The molecule has 6 nitrogen and oxygen atoms in total. The predicted molar refractivity (Wildman–Crippen MR) is 67.0 cm³/mol. The van der Waals surface area contributed by atoms with Crippen molar-refractivity contribution in [1.82, 2.24) is 9.97 Å². The van der Waals surface area contributed by atoms with Crippen LogP contribution in [0.5, 0.6) is 17.2 Å². The molecule has 7 heteroatoms. The second-order valence-corrected chi connectivity index (χ2v) is 3.75. The van der Waals surface area contributed by atoms with Crippen molar-refractivity contribution in [3.63, 3.8) is 0 Å². The van der Waals surface area contributed by atoms with Gasteiger partial charge in [0.2, 0.25) is 11.0 Å². The van der Waals surface area contributed by atoms with E-state index in [0.29, 0.717) is 17.0 Å². The maximum absolute atomic E-state index is 11.9. The molecule has 1 aromatic carbocycles. The summed E-state index contributed by atoms with van der Waals surface area (Å²) in [6, 6.07) is 1.57. The number of rotatable bonds is 3. The maximum Gasteiger partial charge on any atom is 0.263 e. The highest BCUT2D eigenvalue weighted by Gasteiger charge is 2.19. The molecule has 1 heterocycles. The first-order chi connectivity index (χ1) is 8.62. The van der Waals surface area contributed by atoms with Crippen LogP contribution in [0.25, 0.3) is 10.9 Å². The summed E-state index contributed by atoms with van der Waals surface area (Å²) in [4.78, 5) is 18.3. The molecule has 0 atom stereocenters. The predicted octanol–water partition coefficient (Wildman–Crippen LogP) is 1.60. The molecule has 2 aromatic rings. The summed E-state index contributed by atoms with van der Waals surface area (Å²) in [5.74, 6) is 1.01. The molecular weight excluding hydrogens is 260 g/mol. The number of aromatic nitrogens is 2. The Morgan fingerprint density at radius 3 is 2.39 bits per heavy atom. The summed E-state index contributed by atoms with van der Waals surface area (Å²) in [5.41, 5.74) is -0.0268. The molecule has 0 aliphatic rings. The van der Waals surface area contributed by atoms with E-state index in [2.05, 4.69) is 9.97 Å². The molecule has 0 saturated carbocycles. The molecule has 1 N–H and O–H groups in total. The Morgan fingerprint density at radius 1 is 1.17 bits per heavy atom. The second-order valence-electron chi connectivity index (χ2n) is 3.40. The topological polar surface area (TPSA) is 73.4 Å². The molecule has 0 fully saturated rings. The summed E-state index contributed by atoms with van der Waals surface area (Å²) >= 11 is 5.71. The van der Waals surface area contributed by atoms with Gasteiger partial charge in [0, 0.05) is 6.07 Å². The fourth-order valence-electron chi connectivity index (χ4n) is 1.74. The van der Waals surface area contributed by atoms with Crippen LogP contribution in [0.4, 0.5) is 0 Å². The molecular formula is C11H11ClN2O4. The van der Waals surface area contributed by atoms with Crippen LogP contribution in [0.1, 0.15) is 0 Å². The van der Waals surface area contributed by atoms with Gasteiger partial charge in [-0.15, -0.1) is 0 Å². The minimum Gasteiger partial charge on any atom is -0.493 e. The highest BCUT2D eigenvalue weighted by Crippen LogP contribution is 2.41. The Morgan fingerprint density at radius 2 is 1.83 bits per heavy atom. The van der Waals surface area contributed by atoms with Gasteiger partial charge in [0.15, 0.2) is 11.5 Å². The molecule has 0 unspecified atom stereocenters. The quantitative estimate of drug-likeness (QED) is 0.858. The number of nitrogens with zero attached hydrogens (tertiary/aromatic N) is 1. The zero-order chi connectivity index (χ0) is 13.3. The van der Waals surface area contributed by atoms with Crippen LogP contribution in [0.15, 0.2) is 10.9 Å². The highest BCUT2D eigenvalue weighted by atomic mass is 35.5. The van der Waals surface area contributed by atoms with Crippen molar-refractivity contribution in [1.29, 1.82) is 0 Å². The van der Waals surface area contributed by atoms with E-state index in [1.165, 1.54) is 21.3 Å². The molecule has 0 bridgehead atoms. The van der Waals surface area contributed by atoms with Crippen LogP contribution in [0.3, 0.4) is 0 Å². The number of methoxy groups -OCH3 is 3. The van der Waals surface area contributed by atoms with Crippen molar-refractivity contribution in [3.8, 4) is 17.2 Å². The van der Waals surface area contributed by atoms with Crippen LogP contribution in [-0.4, -0.2) is 31.3 Å². The van der Waals surface area contributed by atoms with E-state index in [4.69, 9.17) is 25.8 Å². The minimum absolute atomic E-state index is 0.00164. The zero-order valence-electron chi connectivity index (χ0n) is 10.0. The fourth-order valence-corrected chi connectivity index (χ4v) is 1.92. The number of hydrogen-bond acceptors (Lipinski definition) is 5. The van der Waals surface area contributed by atoms with Crippen molar-refractivity contribution in [3.05, 3.63) is 21.7 Å². The van der Waals surface area contributed by atoms with Crippen molar-refractivity contribution in [2.24, 2.45) is 0 Å². The first-order valence-corrected chi connectivity index (χ1v) is 5.38. The van der Waals surface area contributed by atoms with Crippen LogP contribution in [0.2, 0.25) is 5.28 Å². The molecule has 2 rings (SSSR count). The van der Waals surface area contributed by atoms with E-state index < -0.39 is 5.56 Å². The van der Waals surface area contributed by atoms with Crippen LogP contribution in [-0.2, 0) is 0 Å². The van der Waals surface area contributed by atoms with Crippen LogP contribution in [0, 0.1) is 0 Å². The van der Waals surface area contributed by atoms with E-state index in [0.717, 1.165) is 0 Å². The zero-order valence-corrected chi connectivity index (χ0v) is 10.8. The lowest BCUT2D eigenvalue weighted by atomic mass is 10.2. The van der Waals surface area contributed by atoms with Crippen molar-refractivity contribution in [2.75, 3.05) is 21.3 Å². The number of H-pyrrole nitrogens is 1. The lowest BCUT2D eigenvalue weighted by Gasteiger charge is -2.13. The van der Waals surface area contributed by atoms with Crippen molar-refractivity contribution >= 4 is 22.5 Å². The van der Waals surface area contributed by atoms with Crippen LogP contribution < -0.4 is 19.8 Å². The number of nitrogens with one attached hydrogen (secondary N) is 1. The van der Waals surface area contributed by atoms with Gasteiger partial charge in [-0.3, -0.25) is 9.78 Å². The largest absolute Gasteiger partial charge is 0.493 e. The van der Waals surface area contributed by atoms with Gasteiger partial charge in [-0.2, -0.15) is 0 Å². The third kappa shape index (κ3) is 1.84. The standard InChI is InChI=1S/C11H11ClN2O4/c1-16-6-4-5-7(9(18-3)8(6)17-2)10(15)14-11(12)13-5/h4H,1-3H3,(H,13,14,15). The van der Waals surface area contributed by atoms with E-state index in [9.17, 15) is 4.79 Å². The van der Waals surface area contributed by atoms with Crippen molar-refractivity contribution in [2.45, 2.75) is 0 Å². The number of aromatic amines is 1. The van der Waals surface area contributed by atoms with Gasteiger partial charge in [0.05, 0.1) is 26.8 Å². The van der Waals surface area contributed by atoms with E-state index in [-0.39, 0.29) is 16.4 Å². The molecule has 18 heavy (non-hydrogen) atoms. The summed E-state index contributed by atoms with van der Waals surface area (Å²) in [5, 5.41) is 0.265. The summed E-state index contributed by atoms with van der Waals surface area (Å²) < 4.78 is 15.6. The maximum atomic E-state index is 11.9. The highest BCUT2D eigenvalue weighted by molar-refractivity contribution is 6.28. The number of halogens is 1. The smallest absolute Gasteiger partial charge is 0.263 e. The van der Waals surface area contributed by atoms with Gasteiger partial charge in [0.1, 0.15) is 5.39 Å². The molecule has 0 saturated heterocycles. The lowest BCUT2D eigenvalue weighted by molar-refractivity contribution is 0.327. The third-order valence-corrected chi connectivity index (χ3v) is 2.65. The Labute approximate surface area is 107 Å². The number of ether oxygens (including phenoxy) is 3. The molecule has 96 valence electrons. The molecule has 0 aliphatic heterocycles. The first kappa shape index (κ1) is 12.5. The molecule has 1 aromatic heterocycles. The number of benzene rings is 1. The monoisotopic (exact) mass is 270 g/mol. The minimum atomic E-state index is -0.400. The van der Waals surface area contributed by atoms with Gasteiger partial charge in [0.25, 0.3) is 5.56 Å². The van der Waals surface area contributed by atoms with Gasteiger partial charge < -0.3 is 14.2 Å². The van der Waals surface area contributed by atoms with E-state index in [1.54, 1.807) is 6.07 Å². The van der Waals surface area contributed by atoms with Gasteiger partial charge >= 0.3 is 0 Å². The van der Waals surface area contributed by atoms with Gasteiger partial charge in [-0.1, -0.05) is 0 Å². The Bertz CT molecular complexity index is 654. The third-order valence-electron chi connectivity index (χ3n) is 2.47. The average molecular weight is 271 g/mol. The Balaban J connectivity index is 2.97. The fraction of sp³-hybridized carbons (Fsp3) is 0.273. The molecule has 0 spiro atoms. The summed E-state index contributed by atoms with van der Waals surface area (Å²) in [6.45, 7) is 0. The SMILES string of the molecule is COc1cc2nc(Cl)[nH]c(=O)c2c(OC)c1OC. The van der Waals surface area contributed by atoms with E-state index in [1.807, 2.05) is 0 Å². The summed E-state index contributed by atoms with van der Waals surface area (Å²) in [6.07, 6.45) is 0. The van der Waals surface area contributed by atoms with Crippen molar-refractivity contribution < 1.29 is 14.2 Å². The molecule has 0 radical (unpaired) electrons. The first-order valence-electron chi connectivity index (χ1n) is 5.00. The molecule has 0 aliphatic carbocycles. The number of fused-ring (bicyclic) bond motifs is 1. The lowest BCUT2D eigenvalue weighted by Crippen LogP contribution is -2.10. The van der Waals surface area contributed by atoms with Gasteiger partial charge in [-0.25, -0.2) is 4.98 Å². The van der Waals surface area contributed by atoms with Crippen LogP contribution >= 0.6 is 11.6 Å². The second kappa shape index (κ2) is 4.73. The normalized spacial score (nSPS) is 10.4. The Hall–Kier alpha value is -1.95. The van der Waals surface area contributed by atoms with Gasteiger partial charge in [-0.05, 0) is 11.6 Å².